The third-order valence-corrected chi connectivity index (χ3v) is 3.38. The van der Waals surface area contributed by atoms with Gasteiger partial charge in [-0.3, -0.25) is 4.79 Å². The molecule has 21 heavy (non-hydrogen) atoms. The number of hydrogen-bond acceptors (Lipinski definition) is 3. The summed E-state index contributed by atoms with van der Waals surface area (Å²) in [5.74, 6) is 0.130. The van der Waals surface area contributed by atoms with E-state index in [0.717, 1.165) is 0 Å². The summed E-state index contributed by atoms with van der Waals surface area (Å²) in [6.45, 7) is 0. The highest BCUT2D eigenvalue weighted by Crippen LogP contribution is 2.33. The van der Waals surface area contributed by atoms with Crippen molar-refractivity contribution in [3.63, 3.8) is 0 Å². The van der Waals surface area contributed by atoms with Crippen LogP contribution in [0.2, 0.25) is 0 Å². The minimum Gasteiger partial charge on any atom is -0.455 e. The fraction of sp³-hybridized carbons (Fsp3) is 0.133. The standard InChI is InChI=1S/C15H14BrFN2O2/c1-19(2)15(20)11-5-4-10(18)8-14(11)21-13-6-3-9(17)7-12(13)16/h3-8H,18H2,1-2H3. The molecule has 6 heteroatoms. The molecule has 0 radical (unpaired) electrons. The van der Waals surface area contributed by atoms with Crippen molar-refractivity contribution in [3.05, 3.63) is 52.3 Å². The first-order valence-electron chi connectivity index (χ1n) is 6.12. The lowest BCUT2D eigenvalue weighted by atomic mass is 10.1. The number of nitrogen functional groups attached to an aromatic ring is 1. The number of halogens is 2. The molecule has 2 aromatic rings. The summed E-state index contributed by atoms with van der Waals surface area (Å²) < 4.78 is 19.3. The van der Waals surface area contributed by atoms with Gasteiger partial charge in [-0.15, -0.1) is 0 Å². The number of ether oxygens (including phenoxy) is 1. The molecule has 0 saturated carbocycles. The van der Waals surface area contributed by atoms with Gasteiger partial charge in [-0.2, -0.15) is 0 Å². The van der Waals surface area contributed by atoms with Crippen LogP contribution in [0, 0.1) is 5.82 Å². The van der Waals surface area contributed by atoms with Gasteiger partial charge in [0.15, 0.2) is 0 Å². The average molecular weight is 353 g/mol. The van der Waals surface area contributed by atoms with Gasteiger partial charge in [0.05, 0.1) is 10.0 Å². The van der Waals surface area contributed by atoms with Crippen LogP contribution in [0.5, 0.6) is 11.5 Å². The van der Waals surface area contributed by atoms with Crippen LogP contribution in [0.4, 0.5) is 10.1 Å². The molecule has 1 amide bonds. The number of rotatable bonds is 3. The number of nitrogens with zero attached hydrogens (tertiary/aromatic N) is 1. The molecular weight excluding hydrogens is 339 g/mol. The van der Waals surface area contributed by atoms with Crippen LogP contribution in [0.3, 0.4) is 0 Å². The first-order chi connectivity index (χ1) is 9.88. The zero-order chi connectivity index (χ0) is 15.6. The monoisotopic (exact) mass is 352 g/mol. The van der Waals surface area contributed by atoms with E-state index in [1.165, 1.54) is 23.1 Å². The van der Waals surface area contributed by atoms with Gasteiger partial charge in [0.1, 0.15) is 17.3 Å². The molecule has 0 aromatic heterocycles. The minimum atomic E-state index is -0.383. The molecule has 2 N–H and O–H groups in total. The highest BCUT2D eigenvalue weighted by Gasteiger charge is 2.16. The van der Waals surface area contributed by atoms with Crippen molar-refractivity contribution in [1.82, 2.24) is 4.90 Å². The lowest BCUT2D eigenvalue weighted by Gasteiger charge is -2.15. The molecule has 110 valence electrons. The van der Waals surface area contributed by atoms with Crippen molar-refractivity contribution < 1.29 is 13.9 Å². The Morgan fingerprint density at radius 2 is 1.90 bits per heavy atom. The van der Waals surface area contributed by atoms with Crippen molar-refractivity contribution in [1.29, 1.82) is 0 Å². The average Bonchev–Trinajstić information content (AvgIpc) is 2.41. The summed E-state index contributed by atoms with van der Waals surface area (Å²) in [6, 6.07) is 8.84. The summed E-state index contributed by atoms with van der Waals surface area (Å²) in [5.41, 5.74) is 6.59. The molecule has 0 bridgehead atoms. The van der Waals surface area contributed by atoms with Gasteiger partial charge < -0.3 is 15.4 Å². The van der Waals surface area contributed by atoms with Crippen molar-refractivity contribution in [3.8, 4) is 11.5 Å². The molecule has 4 nitrogen and oxygen atoms in total. The second-order valence-electron chi connectivity index (χ2n) is 4.63. The second-order valence-corrected chi connectivity index (χ2v) is 5.49. The van der Waals surface area contributed by atoms with Gasteiger partial charge in [-0.1, -0.05) is 0 Å². The molecule has 0 saturated heterocycles. The van der Waals surface area contributed by atoms with E-state index in [9.17, 15) is 9.18 Å². The van der Waals surface area contributed by atoms with Crippen LogP contribution < -0.4 is 10.5 Å². The van der Waals surface area contributed by atoms with Crippen molar-refractivity contribution in [2.75, 3.05) is 19.8 Å². The normalized spacial score (nSPS) is 10.3. The van der Waals surface area contributed by atoms with Gasteiger partial charge in [-0.25, -0.2) is 4.39 Å². The van der Waals surface area contributed by atoms with E-state index in [4.69, 9.17) is 10.5 Å². The van der Waals surface area contributed by atoms with Crippen LogP contribution in [-0.2, 0) is 0 Å². The summed E-state index contributed by atoms with van der Waals surface area (Å²) in [6.07, 6.45) is 0. The molecule has 0 spiro atoms. The van der Waals surface area contributed by atoms with E-state index < -0.39 is 0 Å². The molecule has 0 fully saturated rings. The van der Waals surface area contributed by atoms with E-state index in [-0.39, 0.29) is 11.7 Å². The SMILES string of the molecule is CN(C)C(=O)c1ccc(N)cc1Oc1ccc(F)cc1Br. The topological polar surface area (TPSA) is 55.6 Å². The third-order valence-electron chi connectivity index (χ3n) is 2.76. The Kier molecular flexibility index (Phi) is 4.47. The minimum absolute atomic E-state index is 0.205. The summed E-state index contributed by atoms with van der Waals surface area (Å²) in [5, 5.41) is 0. The molecule has 0 atom stereocenters. The summed E-state index contributed by atoms with van der Waals surface area (Å²) in [4.78, 5) is 13.6. The first kappa shape index (κ1) is 15.3. The van der Waals surface area contributed by atoms with E-state index in [0.29, 0.717) is 27.2 Å². The van der Waals surface area contributed by atoms with Gasteiger partial charge in [-0.05, 0) is 46.3 Å². The Labute approximate surface area is 130 Å². The maximum absolute atomic E-state index is 13.1. The predicted octanol–water partition coefficient (Wildman–Crippen LogP) is 3.66. The number of hydrogen-bond donors (Lipinski definition) is 1. The Balaban J connectivity index is 2.43. The van der Waals surface area contributed by atoms with Crippen LogP contribution in [0.15, 0.2) is 40.9 Å². The Hall–Kier alpha value is -2.08. The van der Waals surface area contributed by atoms with E-state index >= 15 is 0 Å². The lowest BCUT2D eigenvalue weighted by Crippen LogP contribution is -2.22. The predicted molar refractivity (Wildman–Crippen MR) is 83.0 cm³/mol. The molecule has 0 aliphatic carbocycles. The fourth-order valence-electron chi connectivity index (χ4n) is 1.72. The number of carbonyl (C=O) groups is 1. The summed E-state index contributed by atoms with van der Waals surface area (Å²) in [7, 11) is 3.30. The van der Waals surface area contributed by atoms with Crippen molar-refractivity contribution >= 4 is 27.5 Å². The smallest absolute Gasteiger partial charge is 0.257 e. The molecule has 2 aromatic carbocycles. The van der Waals surface area contributed by atoms with Gasteiger partial charge in [0.25, 0.3) is 5.91 Å². The largest absolute Gasteiger partial charge is 0.455 e. The Morgan fingerprint density at radius 1 is 1.19 bits per heavy atom. The van der Waals surface area contributed by atoms with E-state index in [1.807, 2.05) is 0 Å². The van der Waals surface area contributed by atoms with Crippen molar-refractivity contribution in [2.45, 2.75) is 0 Å². The quantitative estimate of drug-likeness (QED) is 0.857. The number of carbonyl (C=O) groups excluding carboxylic acids is 1. The number of benzene rings is 2. The molecular formula is C15H14BrFN2O2. The molecule has 0 heterocycles. The number of amides is 1. The van der Waals surface area contributed by atoms with Gasteiger partial charge in [0, 0.05) is 25.8 Å². The number of nitrogens with two attached hydrogens (primary N) is 1. The zero-order valence-electron chi connectivity index (χ0n) is 11.6. The van der Waals surface area contributed by atoms with E-state index in [2.05, 4.69) is 15.9 Å². The first-order valence-corrected chi connectivity index (χ1v) is 6.92. The van der Waals surface area contributed by atoms with Crippen LogP contribution in [0.1, 0.15) is 10.4 Å². The Morgan fingerprint density at radius 3 is 2.52 bits per heavy atom. The van der Waals surface area contributed by atoms with Crippen LogP contribution in [-0.4, -0.2) is 24.9 Å². The highest BCUT2D eigenvalue weighted by atomic mass is 79.9. The van der Waals surface area contributed by atoms with Crippen LogP contribution in [0.25, 0.3) is 0 Å². The van der Waals surface area contributed by atoms with Gasteiger partial charge >= 0.3 is 0 Å². The number of anilines is 1. The lowest BCUT2D eigenvalue weighted by molar-refractivity contribution is 0.0825. The zero-order valence-corrected chi connectivity index (χ0v) is 13.1. The second kappa shape index (κ2) is 6.13. The maximum Gasteiger partial charge on any atom is 0.257 e. The molecule has 0 unspecified atom stereocenters. The maximum atomic E-state index is 13.1. The molecule has 2 rings (SSSR count). The Bertz CT molecular complexity index is 689. The molecule has 0 aliphatic heterocycles. The molecule has 0 aliphatic rings. The van der Waals surface area contributed by atoms with Crippen molar-refractivity contribution in [2.24, 2.45) is 0 Å². The fourth-order valence-corrected chi connectivity index (χ4v) is 2.15. The third kappa shape index (κ3) is 3.52. The van der Waals surface area contributed by atoms with Gasteiger partial charge in [0.2, 0.25) is 0 Å². The summed E-state index contributed by atoms with van der Waals surface area (Å²) >= 11 is 3.22. The highest BCUT2D eigenvalue weighted by molar-refractivity contribution is 9.10. The van der Waals surface area contributed by atoms with Crippen LogP contribution >= 0.6 is 15.9 Å². The van der Waals surface area contributed by atoms with E-state index in [1.54, 1.807) is 32.3 Å².